The van der Waals surface area contributed by atoms with Gasteiger partial charge in [-0.15, -0.1) is 0 Å². The van der Waals surface area contributed by atoms with E-state index in [9.17, 15) is 13.2 Å². The van der Waals surface area contributed by atoms with Gasteiger partial charge in [0.05, 0.1) is 18.8 Å². The fourth-order valence-corrected chi connectivity index (χ4v) is 3.66. The minimum absolute atomic E-state index is 0.430. The molecule has 0 spiro atoms. The number of H-pyrrole nitrogens is 1. The molecule has 1 rings (SSSR count). The molecule has 0 bridgehead atoms. The highest BCUT2D eigenvalue weighted by Crippen LogP contribution is 2.13. The quantitative estimate of drug-likeness (QED) is 0.359. The number of amides is 1. The molecule has 0 saturated heterocycles. The van der Waals surface area contributed by atoms with Crippen LogP contribution in [0.3, 0.4) is 0 Å². The first kappa shape index (κ1) is 23.3. The second-order valence-electron chi connectivity index (χ2n) is 6.43. The van der Waals surface area contributed by atoms with Gasteiger partial charge in [0.25, 0.3) is 5.91 Å². The number of sulfonamides is 1. The zero-order valence-electron chi connectivity index (χ0n) is 16.4. The van der Waals surface area contributed by atoms with E-state index in [1.807, 2.05) is 4.72 Å². The lowest BCUT2D eigenvalue weighted by Crippen LogP contribution is -2.43. The summed E-state index contributed by atoms with van der Waals surface area (Å²) in [5.74, 6) is 1.17. The van der Waals surface area contributed by atoms with E-state index in [0.29, 0.717) is 11.6 Å². The van der Waals surface area contributed by atoms with Crippen molar-refractivity contribution >= 4 is 33.5 Å². The third kappa shape index (κ3) is 10.9. The summed E-state index contributed by atoms with van der Waals surface area (Å²) in [5.41, 5.74) is 2.71. The van der Waals surface area contributed by atoms with Crippen molar-refractivity contribution in [2.24, 2.45) is 0 Å². The van der Waals surface area contributed by atoms with Gasteiger partial charge < -0.3 is 10.3 Å². The predicted molar refractivity (Wildman–Crippen MR) is 113 cm³/mol. The number of thioether (sulfide) groups is 1. The summed E-state index contributed by atoms with van der Waals surface area (Å²) in [5, 5.41) is 2.98. The van der Waals surface area contributed by atoms with Crippen molar-refractivity contribution < 1.29 is 13.2 Å². The number of aromatic nitrogens is 2. The van der Waals surface area contributed by atoms with Gasteiger partial charge in [0.2, 0.25) is 10.0 Å². The predicted octanol–water partition coefficient (Wildman–Crippen LogP) is 3.08. The fraction of sp³-hybridized carbons (Fsp3) is 0.556. The standard InChI is InChI=1S/C18H30N4O3S2/c1-5-14(2)7-6-8-15(3)9-10-26-12-16(18(23)22-27(4,24)25)21-17-11-19-13-20-17/h7,9,11,13,16,21H,5-6,8,10,12H2,1-4H3,(H,19,20)(H,22,23)/b14-7+,15-9+. The minimum atomic E-state index is -3.60. The van der Waals surface area contributed by atoms with Crippen LogP contribution in [0.15, 0.2) is 35.8 Å². The molecule has 0 radical (unpaired) electrons. The average molecular weight is 415 g/mol. The Hall–Kier alpha value is -1.74. The Morgan fingerprint density at radius 3 is 2.67 bits per heavy atom. The van der Waals surface area contributed by atoms with Crippen LogP contribution in [0.25, 0.3) is 0 Å². The minimum Gasteiger partial charge on any atom is -0.358 e. The number of hydrogen-bond acceptors (Lipinski definition) is 6. The summed E-state index contributed by atoms with van der Waals surface area (Å²) in [6.45, 7) is 6.40. The lowest BCUT2D eigenvalue weighted by atomic mass is 10.1. The Bertz CT molecular complexity index is 741. The first-order valence-electron chi connectivity index (χ1n) is 8.86. The Morgan fingerprint density at radius 2 is 2.07 bits per heavy atom. The summed E-state index contributed by atoms with van der Waals surface area (Å²) in [6.07, 6.45) is 11.6. The van der Waals surface area contributed by atoms with Gasteiger partial charge in [-0.1, -0.05) is 30.2 Å². The molecule has 1 heterocycles. The van der Waals surface area contributed by atoms with E-state index in [4.69, 9.17) is 0 Å². The largest absolute Gasteiger partial charge is 0.358 e. The van der Waals surface area contributed by atoms with Crippen LogP contribution in [0.5, 0.6) is 0 Å². The molecule has 0 fully saturated rings. The number of imidazole rings is 1. The van der Waals surface area contributed by atoms with Crippen LogP contribution < -0.4 is 10.0 Å². The molecule has 27 heavy (non-hydrogen) atoms. The van der Waals surface area contributed by atoms with Crippen molar-refractivity contribution in [3.8, 4) is 0 Å². The van der Waals surface area contributed by atoms with Crippen LogP contribution in [0.1, 0.15) is 40.0 Å². The maximum absolute atomic E-state index is 12.2. The van der Waals surface area contributed by atoms with Gasteiger partial charge >= 0.3 is 0 Å². The molecule has 9 heteroatoms. The van der Waals surface area contributed by atoms with Gasteiger partial charge in [0, 0.05) is 11.5 Å². The maximum atomic E-state index is 12.2. The van der Waals surface area contributed by atoms with Crippen molar-refractivity contribution in [2.45, 2.75) is 46.1 Å². The zero-order chi connectivity index (χ0) is 20.3. The number of anilines is 1. The summed E-state index contributed by atoms with van der Waals surface area (Å²) in [4.78, 5) is 19.0. The van der Waals surface area contributed by atoms with Gasteiger partial charge in [-0.3, -0.25) is 9.52 Å². The lowest BCUT2D eigenvalue weighted by Gasteiger charge is -2.17. The number of hydrogen-bond donors (Lipinski definition) is 3. The van der Waals surface area contributed by atoms with E-state index in [1.165, 1.54) is 17.5 Å². The summed E-state index contributed by atoms with van der Waals surface area (Å²) in [6, 6.07) is -0.686. The molecule has 0 aromatic carbocycles. The van der Waals surface area contributed by atoms with Crippen molar-refractivity contribution in [1.82, 2.24) is 14.7 Å². The Kier molecular flexibility index (Phi) is 10.2. The molecule has 0 aliphatic carbocycles. The average Bonchev–Trinajstić information content (AvgIpc) is 3.08. The van der Waals surface area contributed by atoms with E-state index in [2.05, 4.69) is 48.2 Å². The molecule has 152 valence electrons. The van der Waals surface area contributed by atoms with Crippen LogP contribution in [-0.4, -0.2) is 48.1 Å². The van der Waals surface area contributed by atoms with E-state index in [1.54, 1.807) is 18.0 Å². The van der Waals surface area contributed by atoms with Crippen LogP contribution in [0.2, 0.25) is 0 Å². The third-order valence-corrected chi connectivity index (χ3v) is 5.40. The highest BCUT2D eigenvalue weighted by molar-refractivity contribution is 7.99. The van der Waals surface area contributed by atoms with Gasteiger partial charge in [0.1, 0.15) is 11.9 Å². The van der Waals surface area contributed by atoms with E-state index in [0.717, 1.165) is 31.3 Å². The van der Waals surface area contributed by atoms with Crippen LogP contribution in [0, 0.1) is 0 Å². The monoisotopic (exact) mass is 414 g/mol. The van der Waals surface area contributed by atoms with Crippen molar-refractivity contribution in [1.29, 1.82) is 0 Å². The fourth-order valence-electron chi connectivity index (χ4n) is 2.14. The molecular formula is C18H30N4O3S2. The first-order valence-corrected chi connectivity index (χ1v) is 11.9. The van der Waals surface area contributed by atoms with Crippen molar-refractivity contribution in [2.75, 3.05) is 23.1 Å². The van der Waals surface area contributed by atoms with E-state index < -0.39 is 22.0 Å². The van der Waals surface area contributed by atoms with Crippen LogP contribution >= 0.6 is 11.8 Å². The highest BCUT2D eigenvalue weighted by Gasteiger charge is 2.21. The number of carbonyl (C=O) groups excluding carboxylic acids is 1. The van der Waals surface area contributed by atoms with Crippen LogP contribution in [0.4, 0.5) is 5.82 Å². The first-order chi connectivity index (χ1) is 12.7. The maximum Gasteiger partial charge on any atom is 0.256 e. The number of nitrogens with zero attached hydrogens (tertiary/aromatic N) is 1. The summed E-state index contributed by atoms with van der Waals surface area (Å²) in [7, 11) is -3.60. The van der Waals surface area contributed by atoms with Crippen molar-refractivity contribution in [3.05, 3.63) is 35.8 Å². The van der Waals surface area contributed by atoms with Gasteiger partial charge in [-0.05, 0) is 33.1 Å². The molecular weight excluding hydrogens is 384 g/mol. The number of nitrogens with one attached hydrogen (secondary N) is 3. The molecule has 1 amide bonds. The SMILES string of the molecule is CC/C(C)=C/CC/C(C)=C/CSCC(Nc1cnc[nH]1)C(=O)NS(C)(=O)=O. The summed E-state index contributed by atoms with van der Waals surface area (Å²) < 4.78 is 24.7. The molecule has 0 saturated carbocycles. The molecule has 1 atom stereocenters. The normalized spacial score (nSPS) is 14.1. The molecule has 1 aromatic heterocycles. The van der Waals surface area contributed by atoms with E-state index in [-0.39, 0.29) is 0 Å². The molecule has 7 nitrogen and oxygen atoms in total. The van der Waals surface area contributed by atoms with Gasteiger partial charge in [0.15, 0.2) is 0 Å². The second-order valence-corrected chi connectivity index (χ2v) is 9.25. The Balaban J connectivity index is 2.53. The van der Waals surface area contributed by atoms with Gasteiger partial charge in [-0.2, -0.15) is 11.8 Å². The number of carbonyl (C=O) groups is 1. The van der Waals surface area contributed by atoms with Gasteiger partial charge in [-0.25, -0.2) is 13.4 Å². The summed E-state index contributed by atoms with van der Waals surface area (Å²) >= 11 is 1.57. The highest BCUT2D eigenvalue weighted by atomic mass is 32.2. The van der Waals surface area contributed by atoms with Crippen molar-refractivity contribution in [3.63, 3.8) is 0 Å². The lowest BCUT2D eigenvalue weighted by molar-refractivity contribution is -0.119. The zero-order valence-corrected chi connectivity index (χ0v) is 18.0. The number of aromatic amines is 1. The molecule has 3 N–H and O–H groups in total. The third-order valence-electron chi connectivity index (χ3n) is 3.85. The molecule has 0 aliphatic rings. The Labute approximate surface area is 166 Å². The Morgan fingerprint density at radius 1 is 1.33 bits per heavy atom. The molecule has 1 unspecified atom stereocenters. The smallest absolute Gasteiger partial charge is 0.256 e. The second kappa shape index (κ2) is 11.9. The number of rotatable bonds is 12. The van der Waals surface area contributed by atoms with E-state index >= 15 is 0 Å². The molecule has 0 aliphatic heterocycles. The molecule has 1 aromatic rings. The topological polar surface area (TPSA) is 104 Å². The number of allylic oxidation sites excluding steroid dienone is 3. The van der Waals surface area contributed by atoms with Crippen LogP contribution in [-0.2, 0) is 14.8 Å².